The molecule has 5 nitrogen and oxygen atoms in total. The zero-order valence-electron chi connectivity index (χ0n) is 18.9. The molecule has 30 heavy (non-hydrogen) atoms. The van der Waals surface area contributed by atoms with Crippen molar-refractivity contribution in [2.75, 3.05) is 20.8 Å². The average molecular weight is 413 g/mol. The number of carbonyl (C=O) groups is 1. The smallest absolute Gasteiger partial charge is 0.253 e. The normalized spacial score (nSPS) is 14.5. The van der Waals surface area contributed by atoms with Gasteiger partial charge in [-0.1, -0.05) is 32.6 Å². The van der Waals surface area contributed by atoms with Crippen molar-refractivity contribution in [3.63, 3.8) is 0 Å². The van der Waals surface area contributed by atoms with E-state index in [1.54, 1.807) is 14.2 Å². The number of methoxy groups -OCH3 is 2. The number of rotatable bonds is 9. The standard InChI is InChI=1S/C25H36N2O3/c1-5-6-14-26-25(28)21-16-23(22-15-20(29-3)12-13-24(22)30-4)27(18(21)2)17-19-10-8-7-9-11-19/h12-13,15-16,19H,5-11,14,17H2,1-4H3,(H,26,28). The van der Waals surface area contributed by atoms with Crippen LogP contribution in [0.5, 0.6) is 11.5 Å². The summed E-state index contributed by atoms with van der Waals surface area (Å²) in [6.07, 6.45) is 8.50. The fraction of sp³-hybridized carbons (Fsp3) is 0.560. The number of aromatic nitrogens is 1. The van der Waals surface area contributed by atoms with E-state index < -0.39 is 0 Å². The van der Waals surface area contributed by atoms with Gasteiger partial charge in [0.15, 0.2) is 0 Å². The predicted molar refractivity (Wildman–Crippen MR) is 122 cm³/mol. The van der Waals surface area contributed by atoms with E-state index in [1.807, 2.05) is 24.3 Å². The van der Waals surface area contributed by atoms with Crippen LogP contribution in [0.2, 0.25) is 0 Å². The Morgan fingerprint density at radius 2 is 1.90 bits per heavy atom. The highest BCUT2D eigenvalue weighted by atomic mass is 16.5. The molecule has 0 saturated heterocycles. The molecular weight excluding hydrogens is 376 g/mol. The Kier molecular flexibility index (Phi) is 7.83. The Morgan fingerprint density at radius 1 is 1.13 bits per heavy atom. The van der Waals surface area contributed by atoms with Crippen molar-refractivity contribution < 1.29 is 14.3 Å². The highest BCUT2D eigenvalue weighted by molar-refractivity contribution is 5.97. The molecule has 1 aromatic heterocycles. The molecule has 1 heterocycles. The van der Waals surface area contributed by atoms with Gasteiger partial charge in [-0.05, 0) is 56.4 Å². The Labute approximate surface area is 180 Å². The monoisotopic (exact) mass is 412 g/mol. The zero-order chi connectivity index (χ0) is 21.5. The van der Waals surface area contributed by atoms with Crippen molar-refractivity contribution >= 4 is 5.91 Å². The van der Waals surface area contributed by atoms with Gasteiger partial charge in [-0.15, -0.1) is 0 Å². The molecule has 1 amide bonds. The maximum Gasteiger partial charge on any atom is 0.253 e. The maximum atomic E-state index is 12.9. The Balaban J connectivity index is 2.03. The molecule has 1 aliphatic rings. The zero-order valence-corrected chi connectivity index (χ0v) is 18.9. The third-order valence-corrected chi connectivity index (χ3v) is 6.28. The van der Waals surface area contributed by atoms with Gasteiger partial charge in [0, 0.05) is 24.3 Å². The fourth-order valence-corrected chi connectivity index (χ4v) is 4.45. The van der Waals surface area contributed by atoms with Gasteiger partial charge in [0.2, 0.25) is 0 Å². The van der Waals surface area contributed by atoms with Crippen LogP contribution < -0.4 is 14.8 Å². The van der Waals surface area contributed by atoms with Crippen molar-refractivity contribution in [1.29, 1.82) is 0 Å². The van der Waals surface area contributed by atoms with Gasteiger partial charge in [-0.2, -0.15) is 0 Å². The first kappa shape index (κ1) is 22.3. The SMILES string of the molecule is CCCCNC(=O)c1cc(-c2cc(OC)ccc2OC)n(CC2CCCCC2)c1C. The molecule has 1 fully saturated rings. The molecule has 5 heteroatoms. The number of hydrogen-bond donors (Lipinski definition) is 1. The molecule has 1 saturated carbocycles. The van der Waals surface area contributed by atoms with Gasteiger partial charge < -0.3 is 19.4 Å². The van der Waals surface area contributed by atoms with E-state index in [0.29, 0.717) is 12.5 Å². The Morgan fingerprint density at radius 3 is 2.57 bits per heavy atom. The van der Waals surface area contributed by atoms with Gasteiger partial charge >= 0.3 is 0 Å². The summed E-state index contributed by atoms with van der Waals surface area (Å²) in [5.74, 6) is 2.22. The van der Waals surface area contributed by atoms with E-state index in [2.05, 4.69) is 23.7 Å². The van der Waals surface area contributed by atoms with Gasteiger partial charge in [-0.3, -0.25) is 4.79 Å². The van der Waals surface area contributed by atoms with Crippen molar-refractivity contribution in [2.24, 2.45) is 5.92 Å². The largest absolute Gasteiger partial charge is 0.497 e. The van der Waals surface area contributed by atoms with Crippen LogP contribution in [0.3, 0.4) is 0 Å². The number of ether oxygens (including phenoxy) is 2. The van der Waals surface area contributed by atoms with Crippen LogP contribution in [0.25, 0.3) is 11.3 Å². The average Bonchev–Trinajstić information content (AvgIpc) is 3.10. The molecule has 1 aromatic carbocycles. The van der Waals surface area contributed by atoms with Crippen LogP contribution in [-0.4, -0.2) is 31.2 Å². The highest BCUT2D eigenvalue weighted by Gasteiger charge is 2.23. The van der Waals surface area contributed by atoms with Crippen LogP contribution in [0.15, 0.2) is 24.3 Å². The topological polar surface area (TPSA) is 52.5 Å². The number of hydrogen-bond acceptors (Lipinski definition) is 3. The summed E-state index contributed by atoms with van der Waals surface area (Å²) in [6, 6.07) is 7.87. The summed E-state index contributed by atoms with van der Waals surface area (Å²) in [7, 11) is 3.36. The Hall–Kier alpha value is -2.43. The van der Waals surface area contributed by atoms with Crippen LogP contribution in [0, 0.1) is 12.8 Å². The molecule has 1 N–H and O–H groups in total. The number of unbranched alkanes of at least 4 members (excludes halogenated alkanes) is 1. The summed E-state index contributed by atoms with van der Waals surface area (Å²) in [5, 5.41) is 3.08. The molecule has 0 radical (unpaired) electrons. The van der Waals surface area contributed by atoms with Crippen LogP contribution in [-0.2, 0) is 6.54 Å². The van der Waals surface area contributed by atoms with Crippen molar-refractivity contribution in [1.82, 2.24) is 9.88 Å². The number of nitrogens with one attached hydrogen (secondary N) is 1. The molecule has 0 unspecified atom stereocenters. The number of amides is 1. The van der Waals surface area contributed by atoms with Crippen molar-refractivity contribution in [3.8, 4) is 22.8 Å². The predicted octanol–water partition coefficient (Wildman–Crippen LogP) is 5.59. The van der Waals surface area contributed by atoms with E-state index in [4.69, 9.17) is 9.47 Å². The van der Waals surface area contributed by atoms with E-state index in [1.165, 1.54) is 32.1 Å². The summed E-state index contributed by atoms with van der Waals surface area (Å²) in [6.45, 7) is 5.84. The summed E-state index contributed by atoms with van der Waals surface area (Å²) in [5.41, 5.74) is 3.76. The minimum Gasteiger partial charge on any atom is -0.497 e. The molecule has 0 spiro atoms. The second-order valence-electron chi connectivity index (χ2n) is 8.32. The fourth-order valence-electron chi connectivity index (χ4n) is 4.45. The first-order chi connectivity index (χ1) is 14.6. The lowest BCUT2D eigenvalue weighted by Gasteiger charge is -2.24. The van der Waals surface area contributed by atoms with Gasteiger partial charge in [0.25, 0.3) is 5.91 Å². The van der Waals surface area contributed by atoms with Crippen molar-refractivity contribution in [2.45, 2.75) is 65.3 Å². The molecule has 0 aliphatic heterocycles. The van der Waals surface area contributed by atoms with E-state index >= 15 is 0 Å². The van der Waals surface area contributed by atoms with E-state index in [-0.39, 0.29) is 5.91 Å². The van der Waals surface area contributed by atoms with Crippen LogP contribution in [0.1, 0.15) is 67.9 Å². The maximum absolute atomic E-state index is 12.9. The highest BCUT2D eigenvalue weighted by Crippen LogP contribution is 2.37. The first-order valence-electron chi connectivity index (χ1n) is 11.3. The lowest BCUT2D eigenvalue weighted by Crippen LogP contribution is -2.25. The minimum absolute atomic E-state index is 0.00598. The second-order valence-corrected chi connectivity index (χ2v) is 8.32. The molecule has 3 rings (SSSR count). The van der Waals surface area contributed by atoms with Crippen LogP contribution in [0.4, 0.5) is 0 Å². The van der Waals surface area contributed by atoms with E-state index in [0.717, 1.165) is 53.4 Å². The summed E-state index contributed by atoms with van der Waals surface area (Å²) in [4.78, 5) is 12.9. The summed E-state index contributed by atoms with van der Waals surface area (Å²) < 4.78 is 13.5. The third kappa shape index (κ3) is 5.00. The van der Waals surface area contributed by atoms with Gasteiger partial charge in [0.05, 0.1) is 25.5 Å². The molecule has 0 bridgehead atoms. The molecule has 2 aromatic rings. The quantitative estimate of drug-likeness (QED) is 0.546. The molecule has 0 atom stereocenters. The lowest BCUT2D eigenvalue weighted by atomic mass is 9.89. The molecular formula is C25H36N2O3. The Bertz CT molecular complexity index is 850. The first-order valence-corrected chi connectivity index (χ1v) is 11.3. The number of benzene rings is 1. The summed E-state index contributed by atoms with van der Waals surface area (Å²) >= 11 is 0. The lowest BCUT2D eigenvalue weighted by molar-refractivity contribution is 0.0952. The minimum atomic E-state index is 0.00598. The van der Waals surface area contributed by atoms with Crippen LogP contribution >= 0.6 is 0 Å². The second kappa shape index (κ2) is 10.6. The third-order valence-electron chi connectivity index (χ3n) is 6.28. The number of nitrogens with zero attached hydrogens (tertiary/aromatic N) is 1. The van der Waals surface area contributed by atoms with Crippen molar-refractivity contribution in [3.05, 3.63) is 35.5 Å². The van der Waals surface area contributed by atoms with E-state index in [9.17, 15) is 4.79 Å². The molecule has 164 valence electrons. The number of carbonyl (C=O) groups excluding carboxylic acids is 1. The van der Waals surface area contributed by atoms with Gasteiger partial charge in [-0.25, -0.2) is 0 Å². The molecule has 1 aliphatic carbocycles. The van der Waals surface area contributed by atoms with Gasteiger partial charge in [0.1, 0.15) is 11.5 Å².